The molecule has 0 aromatic heterocycles. The van der Waals surface area contributed by atoms with Crippen molar-refractivity contribution in [3.05, 3.63) is 0 Å². The molecule has 0 aliphatic heterocycles. The fraction of sp³-hybridized carbons (Fsp3) is 1.00. The first-order valence-corrected chi connectivity index (χ1v) is 7.26. The lowest BCUT2D eigenvalue weighted by Gasteiger charge is -2.24. The van der Waals surface area contributed by atoms with Gasteiger partial charge in [-0.1, -0.05) is 5.23 Å². The Bertz CT molecular complexity index is 198. The van der Waals surface area contributed by atoms with E-state index in [2.05, 4.69) is 0 Å². The van der Waals surface area contributed by atoms with Gasteiger partial charge in [-0.3, -0.25) is 14.2 Å². The Morgan fingerprint density at radius 1 is 0.875 bits per heavy atom. The largest absolute Gasteiger partial charge is 0.349 e. The van der Waals surface area contributed by atoms with Crippen LogP contribution < -0.4 is 0 Å². The minimum absolute atomic E-state index is 0.0314. The van der Waals surface area contributed by atoms with Crippen molar-refractivity contribution in [2.45, 2.75) is 27.7 Å². The summed E-state index contributed by atoms with van der Waals surface area (Å²) in [5, 5.41) is 1.16. The molecule has 0 amide bonds. The van der Waals surface area contributed by atoms with E-state index in [1.54, 1.807) is 13.8 Å². The summed E-state index contributed by atoms with van der Waals surface area (Å²) in [6.45, 7) is 8.66. The van der Waals surface area contributed by atoms with Crippen molar-refractivity contribution in [1.82, 2.24) is 5.23 Å². The molecule has 7 heteroatoms. The second-order valence-electron chi connectivity index (χ2n) is 2.76. The summed E-state index contributed by atoms with van der Waals surface area (Å²) in [5.41, 5.74) is 0. The third kappa shape index (κ3) is 6.58. The maximum absolute atomic E-state index is 12.1. The normalized spacial score (nSPS) is 12.3. The highest BCUT2D eigenvalue weighted by Gasteiger charge is 2.28. The average Bonchev–Trinajstić information content (AvgIpc) is 2.18. The molecular weight excluding hydrogens is 233 g/mol. The molecule has 0 aliphatic rings. The molecule has 16 heavy (non-hydrogen) atoms. The smallest absolute Gasteiger partial charge is 0.308 e. The van der Waals surface area contributed by atoms with Crippen LogP contribution in [0.5, 0.6) is 0 Å². The molecule has 0 saturated heterocycles. The van der Waals surface area contributed by atoms with Gasteiger partial charge in [0.2, 0.25) is 0 Å². The first-order valence-electron chi connectivity index (χ1n) is 5.53. The van der Waals surface area contributed by atoms with Crippen molar-refractivity contribution in [2.24, 2.45) is 0 Å². The predicted molar refractivity (Wildman–Crippen MR) is 60.8 cm³/mol. The van der Waals surface area contributed by atoms with Crippen molar-refractivity contribution in [3.63, 3.8) is 0 Å². The van der Waals surface area contributed by atoms with Gasteiger partial charge in [-0.25, -0.2) is 0 Å². The van der Waals surface area contributed by atoms with Crippen molar-refractivity contribution in [3.8, 4) is 0 Å². The highest BCUT2D eigenvalue weighted by molar-refractivity contribution is 7.53. The Morgan fingerprint density at radius 3 is 1.62 bits per heavy atom. The van der Waals surface area contributed by atoms with E-state index in [0.29, 0.717) is 26.4 Å². The average molecular weight is 255 g/mol. The molecule has 0 heterocycles. The Labute approximate surface area is 97.2 Å². The fourth-order valence-corrected chi connectivity index (χ4v) is 2.53. The zero-order chi connectivity index (χ0) is 12.4. The molecule has 0 aromatic carbocycles. The first kappa shape index (κ1) is 16.0. The van der Waals surface area contributed by atoms with Crippen LogP contribution in [0.3, 0.4) is 0 Å². The summed E-state index contributed by atoms with van der Waals surface area (Å²) in [6.07, 6.45) is -0.0314. The molecule has 98 valence electrons. The molecule has 0 rings (SSSR count). The molecule has 0 bridgehead atoms. The second kappa shape index (κ2) is 9.10. The SMILES string of the molecule is CCON(CP(=O)(OCC)OCC)OCC. The van der Waals surface area contributed by atoms with Crippen molar-refractivity contribution in [1.29, 1.82) is 0 Å². The van der Waals surface area contributed by atoms with Gasteiger partial charge in [0.05, 0.1) is 26.4 Å². The standard InChI is InChI=1S/C9H22NO5P/c1-5-12-10(13-6-2)9-16(11,14-7-3)15-8-4/h5-9H2,1-4H3. The third-order valence-electron chi connectivity index (χ3n) is 1.49. The van der Waals surface area contributed by atoms with E-state index in [4.69, 9.17) is 18.7 Å². The monoisotopic (exact) mass is 255 g/mol. The van der Waals surface area contributed by atoms with Gasteiger partial charge in [0.1, 0.15) is 0 Å². The molecule has 0 radical (unpaired) electrons. The van der Waals surface area contributed by atoms with E-state index in [9.17, 15) is 4.57 Å². The quantitative estimate of drug-likeness (QED) is 0.441. The van der Waals surface area contributed by atoms with Crippen LogP contribution in [0.1, 0.15) is 27.7 Å². The Morgan fingerprint density at radius 2 is 1.31 bits per heavy atom. The first-order chi connectivity index (χ1) is 7.61. The molecule has 0 fully saturated rings. The number of rotatable bonds is 10. The van der Waals surface area contributed by atoms with Crippen LogP contribution in [-0.4, -0.2) is 37.9 Å². The van der Waals surface area contributed by atoms with Crippen LogP contribution in [0.15, 0.2) is 0 Å². The summed E-state index contributed by atoms with van der Waals surface area (Å²) in [4.78, 5) is 10.3. The predicted octanol–water partition coefficient (Wildman–Crippen LogP) is 2.42. The van der Waals surface area contributed by atoms with Crippen LogP contribution in [0.4, 0.5) is 0 Å². The van der Waals surface area contributed by atoms with E-state index in [1.807, 2.05) is 13.8 Å². The van der Waals surface area contributed by atoms with Crippen LogP contribution in [0, 0.1) is 0 Å². The van der Waals surface area contributed by atoms with Crippen LogP contribution >= 0.6 is 7.60 Å². The molecule has 0 unspecified atom stereocenters. The van der Waals surface area contributed by atoms with Crippen LogP contribution in [0.25, 0.3) is 0 Å². The highest BCUT2D eigenvalue weighted by atomic mass is 31.2. The second-order valence-corrected chi connectivity index (χ2v) is 4.78. The van der Waals surface area contributed by atoms with E-state index in [-0.39, 0.29) is 6.29 Å². The third-order valence-corrected chi connectivity index (χ3v) is 3.37. The van der Waals surface area contributed by atoms with Gasteiger partial charge in [-0.15, -0.1) is 0 Å². The van der Waals surface area contributed by atoms with Gasteiger partial charge < -0.3 is 9.05 Å². The van der Waals surface area contributed by atoms with Gasteiger partial charge in [0, 0.05) is 0 Å². The maximum atomic E-state index is 12.1. The molecule has 0 aliphatic carbocycles. The number of hydrogen-bond acceptors (Lipinski definition) is 6. The van der Waals surface area contributed by atoms with Crippen LogP contribution in [-0.2, 0) is 23.3 Å². The highest BCUT2D eigenvalue weighted by Crippen LogP contribution is 2.48. The Hall–Kier alpha value is 0.0300. The van der Waals surface area contributed by atoms with E-state index >= 15 is 0 Å². The summed E-state index contributed by atoms with van der Waals surface area (Å²) in [6, 6.07) is 0. The lowest BCUT2D eigenvalue weighted by atomic mass is 10.9. The zero-order valence-corrected chi connectivity index (χ0v) is 11.4. The molecule has 0 aromatic rings. The maximum Gasteiger partial charge on any atom is 0.349 e. The van der Waals surface area contributed by atoms with Gasteiger partial charge >= 0.3 is 7.60 Å². The minimum atomic E-state index is -3.16. The van der Waals surface area contributed by atoms with Gasteiger partial charge in [-0.05, 0) is 27.7 Å². The molecule has 0 atom stereocenters. The minimum Gasteiger partial charge on any atom is -0.308 e. The van der Waals surface area contributed by atoms with Crippen LogP contribution in [0.2, 0.25) is 0 Å². The topological polar surface area (TPSA) is 57.2 Å². The van der Waals surface area contributed by atoms with Gasteiger partial charge in [0.15, 0.2) is 6.29 Å². The van der Waals surface area contributed by atoms with Crippen molar-refractivity contribution in [2.75, 3.05) is 32.7 Å². The number of hydroxylamine groups is 2. The summed E-state index contributed by atoms with van der Waals surface area (Å²) < 4.78 is 22.4. The fourth-order valence-electron chi connectivity index (χ4n) is 1.06. The van der Waals surface area contributed by atoms with E-state index in [0.717, 1.165) is 5.23 Å². The lowest BCUT2D eigenvalue weighted by molar-refractivity contribution is -0.356. The molecule has 0 spiro atoms. The zero-order valence-electron chi connectivity index (χ0n) is 10.5. The van der Waals surface area contributed by atoms with Crippen molar-refractivity contribution >= 4 is 7.60 Å². The number of nitrogens with zero attached hydrogens (tertiary/aromatic N) is 1. The summed E-state index contributed by atoms with van der Waals surface area (Å²) >= 11 is 0. The molecule has 0 saturated carbocycles. The number of hydrogen-bond donors (Lipinski definition) is 0. The van der Waals surface area contributed by atoms with Gasteiger partial charge in [-0.2, -0.15) is 0 Å². The molecular formula is C9H22NO5P. The molecule has 0 N–H and O–H groups in total. The van der Waals surface area contributed by atoms with Crippen molar-refractivity contribution < 1.29 is 23.3 Å². The lowest BCUT2D eigenvalue weighted by Crippen LogP contribution is -2.26. The summed E-state index contributed by atoms with van der Waals surface area (Å²) in [7, 11) is -3.16. The summed E-state index contributed by atoms with van der Waals surface area (Å²) in [5.74, 6) is 0. The van der Waals surface area contributed by atoms with E-state index in [1.165, 1.54) is 0 Å². The molecule has 6 nitrogen and oxygen atoms in total. The Balaban J connectivity index is 4.36. The van der Waals surface area contributed by atoms with E-state index < -0.39 is 7.60 Å². The van der Waals surface area contributed by atoms with Gasteiger partial charge in [0.25, 0.3) is 0 Å². The Kier molecular flexibility index (Phi) is 9.12.